The average Bonchev–Trinajstić information content (AvgIpc) is 2.51. The highest BCUT2D eigenvalue weighted by atomic mass is 127. The van der Waals surface area contributed by atoms with Crippen molar-refractivity contribution in [1.29, 1.82) is 0 Å². The summed E-state index contributed by atoms with van der Waals surface area (Å²) in [6.45, 7) is 6.19. The summed E-state index contributed by atoms with van der Waals surface area (Å²) < 4.78 is 12.1. The van der Waals surface area contributed by atoms with Crippen molar-refractivity contribution in [2.24, 2.45) is 0 Å². The Kier molecular flexibility index (Phi) is 6.40. The van der Waals surface area contributed by atoms with Crippen LogP contribution in [-0.2, 0) is 9.53 Å². The molecule has 0 aliphatic rings. The van der Waals surface area contributed by atoms with Gasteiger partial charge in [0.1, 0.15) is 5.75 Å². The lowest BCUT2D eigenvalue weighted by molar-refractivity contribution is -0.130. The molecule has 6 heteroatoms. The molecular formula is C18H23IN2O3. The molecule has 1 aromatic heterocycles. The molecule has 2 rings (SSSR count). The van der Waals surface area contributed by atoms with Crippen molar-refractivity contribution in [2.75, 3.05) is 13.7 Å². The molecule has 0 saturated heterocycles. The summed E-state index contributed by atoms with van der Waals surface area (Å²) in [7, 11) is 1.61. The first-order chi connectivity index (χ1) is 11.3. The van der Waals surface area contributed by atoms with E-state index in [2.05, 4.69) is 32.9 Å². The Hall–Kier alpha value is -1.41. The topological polar surface area (TPSA) is 60.5 Å². The lowest BCUT2D eigenvalue weighted by Gasteiger charge is -2.28. The first kappa shape index (κ1) is 18.9. The smallest absolute Gasteiger partial charge is 0.261 e. The summed E-state index contributed by atoms with van der Waals surface area (Å²) in [4.78, 5) is 16.9. The number of ether oxygens (including phenoxy) is 2. The maximum Gasteiger partial charge on any atom is 0.261 e. The molecule has 24 heavy (non-hydrogen) atoms. The van der Waals surface area contributed by atoms with Gasteiger partial charge in [-0.2, -0.15) is 0 Å². The highest BCUT2D eigenvalue weighted by Gasteiger charge is 2.26. The quantitative estimate of drug-likeness (QED) is 0.667. The van der Waals surface area contributed by atoms with Gasteiger partial charge < -0.3 is 14.8 Å². The number of aromatic nitrogens is 1. The molecule has 0 bridgehead atoms. The average molecular weight is 442 g/mol. The summed E-state index contributed by atoms with van der Waals surface area (Å²) in [6.07, 6.45) is 1.66. The summed E-state index contributed by atoms with van der Waals surface area (Å²) in [5, 5.41) is 3.96. The van der Waals surface area contributed by atoms with Crippen LogP contribution in [0.4, 0.5) is 0 Å². The fraction of sp³-hybridized carbons (Fsp3) is 0.444. The zero-order valence-electron chi connectivity index (χ0n) is 14.4. The third kappa shape index (κ3) is 5.04. The largest absolute Gasteiger partial charge is 0.479 e. The fourth-order valence-electron chi connectivity index (χ4n) is 2.44. The van der Waals surface area contributed by atoms with Gasteiger partial charge in [0.2, 0.25) is 0 Å². The number of rotatable bonds is 7. The van der Waals surface area contributed by atoms with Crippen LogP contribution < -0.4 is 10.1 Å². The van der Waals surface area contributed by atoms with Gasteiger partial charge >= 0.3 is 0 Å². The molecule has 130 valence electrons. The zero-order chi connectivity index (χ0) is 17.7. The fourth-order valence-corrected chi connectivity index (χ4v) is 2.96. The highest BCUT2D eigenvalue weighted by molar-refractivity contribution is 14.1. The predicted molar refractivity (Wildman–Crippen MR) is 103 cm³/mol. The number of nitrogens with one attached hydrogen (secondary N) is 1. The summed E-state index contributed by atoms with van der Waals surface area (Å²) in [5.41, 5.74) is 0.460. The van der Waals surface area contributed by atoms with Crippen molar-refractivity contribution >= 4 is 39.4 Å². The number of hydrogen-bond donors (Lipinski definition) is 1. The van der Waals surface area contributed by atoms with Gasteiger partial charge in [0.25, 0.3) is 5.91 Å². The van der Waals surface area contributed by atoms with Gasteiger partial charge in [0.05, 0.1) is 23.9 Å². The first-order valence-corrected chi connectivity index (χ1v) is 8.95. The van der Waals surface area contributed by atoms with Crippen LogP contribution in [0.5, 0.6) is 5.75 Å². The van der Waals surface area contributed by atoms with Crippen LogP contribution in [0, 0.1) is 3.57 Å². The molecule has 1 amide bonds. The Morgan fingerprint density at radius 3 is 2.79 bits per heavy atom. The highest BCUT2D eigenvalue weighted by Crippen LogP contribution is 2.22. The number of methoxy groups -OCH3 is 1. The second kappa shape index (κ2) is 8.11. The Morgan fingerprint density at radius 2 is 2.12 bits per heavy atom. The van der Waals surface area contributed by atoms with Crippen LogP contribution in [0.15, 0.2) is 30.5 Å². The van der Waals surface area contributed by atoms with Gasteiger partial charge in [0.15, 0.2) is 6.10 Å². The number of pyridine rings is 1. The molecule has 0 aliphatic heterocycles. The van der Waals surface area contributed by atoms with Crippen LogP contribution in [0.25, 0.3) is 10.9 Å². The first-order valence-electron chi connectivity index (χ1n) is 7.87. The number of nitrogens with zero attached hydrogens (tertiary/aromatic N) is 1. The molecule has 0 radical (unpaired) electrons. The molecule has 5 nitrogen and oxygen atoms in total. The number of fused-ring (bicyclic) bond motifs is 1. The minimum absolute atomic E-state index is 0.151. The van der Waals surface area contributed by atoms with E-state index in [4.69, 9.17) is 9.47 Å². The minimum atomic E-state index is -0.567. The maximum absolute atomic E-state index is 12.5. The summed E-state index contributed by atoms with van der Waals surface area (Å²) in [6, 6.07) is 7.94. The number of carbonyl (C=O) groups is 1. The van der Waals surface area contributed by atoms with Gasteiger partial charge in [-0.25, -0.2) is 0 Å². The van der Waals surface area contributed by atoms with Gasteiger partial charge in [-0.05, 0) is 67.1 Å². The lowest BCUT2D eigenvalue weighted by Crippen LogP contribution is -2.51. The molecule has 2 aromatic rings. The molecule has 1 atom stereocenters. The van der Waals surface area contributed by atoms with Crippen molar-refractivity contribution in [2.45, 2.75) is 38.8 Å². The van der Waals surface area contributed by atoms with E-state index >= 15 is 0 Å². The zero-order valence-corrected chi connectivity index (χ0v) is 16.6. The number of benzene rings is 1. The van der Waals surface area contributed by atoms with E-state index in [9.17, 15) is 4.79 Å². The van der Waals surface area contributed by atoms with Crippen LogP contribution >= 0.6 is 22.6 Å². The second-order valence-electron chi connectivity index (χ2n) is 6.33. The third-order valence-corrected chi connectivity index (χ3v) is 4.20. The van der Waals surface area contributed by atoms with Crippen molar-refractivity contribution in [3.63, 3.8) is 0 Å². The van der Waals surface area contributed by atoms with Crippen molar-refractivity contribution in [3.05, 3.63) is 34.0 Å². The third-order valence-electron chi connectivity index (χ3n) is 3.53. The predicted octanol–water partition coefficient (Wildman–Crippen LogP) is 3.54. The Bertz CT molecular complexity index is 718. The maximum atomic E-state index is 12.5. The lowest BCUT2D eigenvalue weighted by atomic mass is 10.1. The molecule has 0 aliphatic carbocycles. The van der Waals surface area contributed by atoms with Crippen LogP contribution in [-0.4, -0.2) is 36.3 Å². The van der Waals surface area contributed by atoms with E-state index in [0.29, 0.717) is 18.8 Å². The number of carbonyl (C=O) groups excluding carboxylic acids is 1. The van der Waals surface area contributed by atoms with Gasteiger partial charge in [-0.15, -0.1) is 0 Å². The van der Waals surface area contributed by atoms with E-state index in [1.807, 2.05) is 45.0 Å². The Balaban J connectivity index is 2.13. The normalized spacial score (nSPS) is 12.9. The van der Waals surface area contributed by atoms with Gasteiger partial charge in [0, 0.05) is 16.1 Å². The molecule has 1 heterocycles. The van der Waals surface area contributed by atoms with Gasteiger partial charge in [-0.3, -0.25) is 9.78 Å². The number of halogens is 1. The molecule has 1 aromatic carbocycles. The minimum Gasteiger partial charge on any atom is -0.479 e. The van der Waals surface area contributed by atoms with Crippen molar-refractivity contribution < 1.29 is 14.3 Å². The standard InChI is InChI=1S/C18H23IN2O3/c1-5-16(17(22)21-18(2,3)11-23-4)24-14-9-12-8-13(19)6-7-15(12)20-10-14/h6-10,16H,5,11H2,1-4H3,(H,21,22). The van der Waals surface area contributed by atoms with Crippen LogP contribution in [0.3, 0.4) is 0 Å². The molecule has 1 N–H and O–H groups in total. The Labute approximate surface area is 156 Å². The van der Waals surface area contributed by atoms with E-state index < -0.39 is 11.6 Å². The van der Waals surface area contributed by atoms with Gasteiger partial charge in [-0.1, -0.05) is 6.92 Å². The van der Waals surface area contributed by atoms with E-state index in [1.165, 1.54) is 0 Å². The van der Waals surface area contributed by atoms with E-state index in [1.54, 1.807) is 13.3 Å². The molecule has 0 fully saturated rings. The van der Waals surface area contributed by atoms with Crippen molar-refractivity contribution in [3.8, 4) is 5.75 Å². The van der Waals surface area contributed by atoms with Crippen LogP contribution in [0.2, 0.25) is 0 Å². The number of amides is 1. The van der Waals surface area contributed by atoms with E-state index in [-0.39, 0.29) is 5.91 Å². The SMILES string of the molecule is CCC(Oc1cnc2ccc(I)cc2c1)C(=O)NC(C)(C)COC. The Morgan fingerprint density at radius 1 is 1.38 bits per heavy atom. The monoisotopic (exact) mass is 442 g/mol. The molecule has 0 saturated carbocycles. The van der Waals surface area contributed by atoms with Crippen molar-refractivity contribution in [1.82, 2.24) is 10.3 Å². The van der Waals surface area contributed by atoms with Crippen LogP contribution in [0.1, 0.15) is 27.2 Å². The molecular weight excluding hydrogens is 419 g/mol. The molecule has 1 unspecified atom stereocenters. The molecule has 0 spiro atoms. The van der Waals surface area contributed by atoms with E-state index in [0.717, 1.165) is 14.5 Å². The summed E-state index contributed by atoms with van der Waals surface area (Å²) in [5.74, 6) is 0.443. The summed E-state index contributed by atoms with van der Waals surface area (Å²) >= 11 is 2.26. The second-order valence-corrected chi connectivity index (χ2v) is 7.57. The number of hydrogen-bond acceptors (Lipinski definition) is 4.